The third kappa shape index (κ3) is 22.5. The first kappa shape index (κ1) is 14.4. The summed E-state index contributed by atoms with van der Waals surface area (Å²) in [6.45, 7) is 9.09. The van der Waals surface area contributed by atoms with Crippen molar-refractivity contribution in [2.24, 2.45) is 0 Å². The molecule has 0 amide bonds. The smallest absolute Gasteiger partial charge is 0.0697 e. The van der Waals surface area contributed by atoms with Crippen molar-refractivity contribution < 1.29 is 14.6 Å². The number of aliphatic hydroxyl groups is 1. The van der Waals surface area contributed by atoms with Gasteiger partial charge in [-0.3, -0.25) is 0 Å². The van der Waals surface area contributed by atoms with E-state index in [1.54, 1.807) is 0 Å². The quantitative estimate of drug-likeness (QED) is 0.626. The first-order chi connectivity index (χ1) is 5.83. The Hall–Kier alpha value is -0.120. The van der Waals surface area contributed by atoms with Gasteiger partial charge in [-0.05, 0) is 20.3 Å². The zero-order valence-electron chi connectivity index (χ0n) is 8.51. The van der Waals surface area contributed by atoms with Crippen LogP contribution >= 0.6 is 0 Å². The summed E-state index contributed by atoms with van der Waals surface area (Å²) in [5.41, 5.74) is 0. The maximum absolute atomic E-state index is 8.17. The summed E-state index contributed by atoms with van der Waals surface area (Å²) in [7, 11) is 0. The summed E-state index contributed by atoms with van der Waals surface area (Å²) in [4.78, 5) is 0. The molecule has 0 spiro atoms. The second-order valence-electron chi connectivity index (χ2n) is 2.12. The molecule has 76 valence electrons. The Labute approximate surface area is 75.7 Å². The predicted molar refractivity (Wildman–Crippen MR) is 50.4 cm³/mol. The van der Waals surface area contributed by atoms with Gasteiger partial charge < -0.3 is 14.6 Å². The fourth-order valence-corrected chi connectivity index (χ4v) is 0.515. The lowest BCUT2D eigenvalue weighted by Gasteiger charge is -1.94. The monoisotopic (exact) mass is 178 g/mol. The molecule has 0 heterocycles. The van der Waals surface area contributed by atoms with Crippen LogP contribution in [-0.2, 0) is 9.47 Å². The standard InChI is InChI=1S/C5H12O2.C4H10O/c1-2-4-7-5-3-6;1-3-5-4-2/h6H,2-5H2,1H3;3-4H2,1-2H3. The molecule has 1 N–H and O–H groups in total. The first-order valence-electron chi connectivity index (χ1n) is 4.59. The minimum atomic E-state index is 0.139. The van der Waals surface area contributed by atoms with Crippen molar-refractivity contribution in [2.45, 2.75) is 27.2 Å². The summed E-state index contributed by atoms with van der Waals surface area (Å²) in [6, 6.07) is 0. The van der Waals surface area contributed by atoms with E-state index in [1.807, 2.05) is 20.8 Å². The summed E-state index contributed by atoms with van der Waals surface area (Å²) in [5.74, 6) is 0. The van der Waals surface area contributed by atoms with E-state index in [-0.39, 0.29) is 6.61 Å². The van der Waals surface area contributed by atoms with Crippen molar-refractivity contribution in [3.05, 3.63) is 0 Å². The normalized spacial score (nSPS) is 9.00. The van der Waals surface area contributed by atoms with Gasteiger partial charge in [0, 0.05) is 19.8 Å². The van der Waals surface area contributed by atoms with Crippen LogP contribution in [0.2, 0.25) is 0 Å². The van der Waals surface area contributed by atoms with E-state index >= 15 is 0 Å². The Morgan fingerprint density at radius 2 is 1.50 bits per heavy atom. The van der Waals surface area contributed by atoms with Crippen molar-refractivity contribution in [3.63, 3.8) is 0 Å². The number of hydrogen-bond donors (Lipinski definition) is 1. The molecule has 3 nitrogen and oxygen atoms in total. The summed E-state index contributed by atoms with van der Waals surface area (Å²) >= 11 is 0. The molecule has 0 saturated heterocycles. The van der Waals surface area contributed by atoms with Crippen LogP contribution in [0.15, 0.2) is 0 Å². The molecule has 0 aliphatic carbocycles. The lowest BCUT2D eigenvalue weighted by atomic mass is 10.5. The van der Waals surface area contributed by atoms with Gasteiger partial charge in [-0.1, -0.05) is 6.92 Å². The highest BCUT2D eigenvalue weighted by molar-refractivity contribution is 4.24. The Bertz CT molecular complexity index is 51.7. The molecule has 0 radical (unpaired) electrons. The fourth-order valence-electron chi connectivity index (χ4n) is 0.515. The minimum absolute atomic E-state index is 0.139. The number of hydrogen-bond acceptors (Lipinski definition) is 3. The average molecular weight is 178 g/mol. The lowest BCUT2D eigenvalue weighted by molar-refractivity contribution is 0.0928. The molecule has 0 bridgehead atoms. The molecule has 0 aromatic carbocycles. The lowest BCUT2D eigenvalue weighted by Crippen LogP contribution is -1.98. The summed E-state index contributed by atoms with van der Waals surface area (Å²) in [6.07, 6.45) is 1.03. The molecule has 0 rings (SSSR count). The first-order valence-corrected chi connectivity index (χ1v) is 4.59. The van der Waals surface area contributed by atoms with E-state index in [9.17, 15) is 0 Å². The molecule has 0 unspecified atom stereocenters. The maximum Gasteiger partial charge on any atom is 0.0697 e. The molecule has 0 aromatic rings. The van der Waals surface area contributed by atoms with Crippen LogP contribution in [0.1, 0.15) is 27.2 Å². The molecular weight excluding hydrogens is 156 g/mol. The molecule has 0 aromatic heterocycles. The highest BCUT2D eigenvalue weighted by atomic mass is 16.5. The summed E-state index contributed by atoms with van der Waals surface area (Å²) in [5, 5.41) is 8.17. The van der Waals surface area contributed by atoms with Crippen LogP contribution in [0.3, 0.4) is 0 Å². The van der Waals surface area contributed by atoms with Gasteiger partial charge in [-0.15, -0.1) is 0 Å². The van der Waals surface area contributed by atoms with E-state index in [0.717, 1.165) is 26.2 Å². The Kier molecular flexibility index (Phi) is 20.5. The Balaban J connectivity index is 0. The van der Waals surface area contributed by atoms with Gasteiger partial charge >= 0.3 is 0 Å². The highest BCUT2D eigenvalue weighted by Crippen LogP contribution is 1.76. The second kappa shape index (κ2) is 17.1. The molecule has 0 fully saturated rings. The maximum atomic E-state index is 8.17. The van der Waals surface area contributed by atoms with Gasteiger partial charge in [0.1, 0.15) is 0 Å². The average Bonchev–Trinajstić information content (AvgIpc) is 2.08. The fraction of sp³-hybridized carbons (Fsp3) is 1.00. The van der Waals surface area contributed by atoms with Gasteiger partial charge in [0.05, 0.1) is 13.2 Å². The van der Waals surface area contributed by atoms with E-state index in [1.165, 1.54) is 0 Å². The SMILES string of the molecule is CCCOCCO.CCOCC. The topological polar surface area (TPSA) is 38.7 Å². The zero-order chi connectivity index (χ0) is 9.66. The van der Waals surface area contributed by atoms with Gasteiger partial charge in [0.25, 0.3) is 0 Å². The Morgan fingerprint density at radius 3 is 1.75 bits per heavy atom. The van der Waals surface area contributed by atoms with E-state index in [2.05, 4.69) is 0 Å². The number of rotatable bonds is 6. The van der Waals surface area contributed by atoms with Crippen molar-refractivity contribution in [3.8, 4) is 0 Å². The minimum Gasteiger partial charge on any atom is -0.394 e. The van der Waals surface area contributed by atoms with Crippen LogP contribution in [0.4, 0.5) is 0 Å². The molecule has 0 aliphatic heterocycles. The van der Waals surface area contributed by atoms with Gasteiger partial charge in [-0.25, -0.2) is 0 Å². The molecular formula is C9H22O3. The van der Waals surface area contributed by atoms with Crippen molar-refractivity contribution >= 4 is 0 Å². The van der Waals surface area contributed by atoms with Crippen LogP contribution in [0.5, 0.6) is 0 Å². The third-order valence-electron chi connectivity index (χ3n) is 0.992. The Morgan fingerprint density at radius 1 is 0.917 bits per heavy atom. The highest BCUT2D eigenvalue weighted by Gasteiger charge is 1.78. The van der Waals surface area contributed by atoms with Gasteiger partial charge in [-0.2, -0.15) is 0 Å². The van der Waals surface area contributed by atoms with E-state index in [0.29, 0.717) is 6.61 Å². The molecule has 0 aliphatic rings. The van der Waals surface area contributed by atoms with Crippen LogP contribution in [0, 0.1) is 0 Å². The van der Waals surface area contributed by atoms with E-state index < -0.39 is 0 Å². The molecule has 0 saturated carbocycles. The van der Waals surface area contributed by atoms with Gasteiger partial charge in [0.2, 0.25) is 0 Å². The third-order valence-corrected chi connectivity index (χ3v) is 0.992. The van der Waals surface area contributed by atoms with Crippen molar-refractivity contribution in [1.29, 1.82) is 0 Å². The molecule has 12 heavy (non-hydrogen) atoms. The van der Waals surface area contributed by atoms with E-state index in [4.69, 9.17) is 14.6 Å². The number of aliphatic hydroxyl groups excluding tert-OH is 1. The van der Waals surface area contributed by atoms with Gasteiger partial charge in [0.15, 0.2) is 0 Å². The van der Waals surface area contributed by atoms with Crippen molar-refractivity contribution in [2.75, 3.05) is 33.0 Å². The summed E-state index contributed by atoms with van der Waals surface area (Å²) < 4.78 is 9.72. The molecule has 3 heteroatoms. The second-order valence-corrected chi connectivity index (χ2v) is 2.12. The predicted octanol–water partition coefficient (Wildman–Crippen LogP) is 1.45. The van der Waals surface area contributed by atoms with Crippen molar-refractivity contribution in [1.82, 2.24) is 0 Å². The zero-order valence-corrected chi connectivity index (χ0v) is 8.51. The molecule has 0 atom stereocenters. The van der Waals surface area contributed by atoms with Crippen LogP contribution < -0.4 is 0 Å². The number of ether oxygens (including phenoxy) is 2. The van der Waals surface area contributed by atoms with Crippen LogP contribution in [0.25, 0.3) is 0 Å². The van der Waals surface area contributed by atoms with Crippen LogP contribution in [-0.4, -0.2) is 38.1 Å². The largest absolute Gasteiger partial charge is 0.394 e.